The van der Waals surface area contributed by atoms with Gasteiger partial charge in [-0.25, -0.2) is 4.79 Å². The maximum atomic E-state index is 12.0. The minimum atomic E-state index is -0.373. The lowest BCUT2D eigenvalue weighted by molar-refractivity contribution is -0.116. The van der Waals surface area contributed by atoms with Crippen LogP contribution in [0.2, 0.25) is 0 Å². The molecule has 0 saturated carbocycles. The summed E-state index contributed by atoms with van der Waals surface area (Å²) in [6, 6.07) is 12.6. The largest absolute Gasteiger partial charge is 0.493 e. The fraction of sp³-hybridized carbons (Fsp3) is 0.300. The highest BCUT2D eigenvalue weighted by atomic mass is 16.5. The van der Waals surface area contributed by atoms with Gasteiger partial charge in [-0.1, -0.05) is 6.07 Å². The molecular formula is C20H23NO4. The van der Waals surface area contributed by atoms with Gasteiger partial charge in [-0.2, -0.15) is 0 Å². The number of ether oxygens (including phenoxy) is 2. The van der Waals surface area contributed by atoms with E-state index in [0.29, 0.717) is 24.5 Å². The van der Waals surface area contributed by atoms with Gasteiger partial charge in [0.15, 0.2) is 0 Å². The lowest BCUT2D eigenvalue weighted by atomic mass is 10.1. The average molecular weight is 341 g/mol. The number of rotatable bonds is 7. The molecule has 0 bridgehead atoms. The number of hydrogen-bond donors (Lipinski definition) is 1. The third kappa shape index (κ3) is 5.95. The molecule has 2 rings (SSSR count). The second-order valence-electron chi connectivity index (χ2n) is 5.77. The summed E-state index contributed by atoms with van der Waals surface area (Å²) >= 11 is 0. The van der Waals surface area contributed by atoms with Gasteiger partial charge in [-0.05, 0) is 68.3 Å². The lowest BCUT2D eigenvalue weighted by Crippen LogP contribution is -2.15. The summed E-state index contributed by atoms with van der Waals surface area (Å²) in [5.41, 5.74) is 3.34. The van der Waals surface area contributed by atoms with Crippen molar-refractivity contribution in [2.45, 2.75) is 27.2 Å². The van der Waals surface area contributed by atoms with Gasteiger partial charge in [0, 0.05) is 5.69 Å². The third-order valence-electron chi connectivity index (χ3n) is 3.47. The van der Waals surface area contributed by atoms with Gasteiger partial charge in [-0.3, -0.25) is 4.79 Å². The molecule has 2 aromatic rings. The Morgan fingerprint density at radius 2 is 1.64 bits per heavy atom. The van der Waals surface area contributed by atoms with E-state index in [1.165, 1.54) is 0 Å². The Balaban J connectivity index is 1.81. The number of amides is 1. The molecule has 5 heteroatoms. The number of aryl methyl sites for hydroxylation is 2. The van der Waals surface area contributed by atoms with E-state index in [0.717, 1.165) is 16.9 Å². The Morgan fingerprint density at radius 3 is 2.24 bits per heavy atom. The van der Waals surface area contributed by atoms with E-state index in [1.807, 2.05) is 26.0 Å². The summed E-state index contributed by atoms with van der Waals surface area (Å²) in [4.78, 5) is 23.6. The van der Waals surface area contributed by atoms with Crippen LogP contribution < -0.4 is 10.1 Å². The van der Waals surface area contributed by atoms with Crippen molar-refractivity contribution in [3.8, 4) is 5.75 Å². The molecular weight excluding hydrogens is 318 g/mol. The van der Waals surface area contributed by atoms with Crippen LogP contribution in [-0.2, 0) is 9.53 Å². The van der Waals surface area contributed by atoms with E-state index >= 15 is 0 Å². The highest BCUT2D eigenvalue weighted by Crippen LogP contribution is 2.16. The number of nitrogens with one attached hydrogen (secondary N) is 1. The Bertz CT molecular complexity index is 718. The molecule has 0 heterocycles. The van der Waals surface area contributed by atoms with Gasteiger partial charge in [0.25, 0.3) is 0 Å². The molecule has 0 aliphatic carbocycles. The number of benzene rings is 2. The monoisotopic (exact) mass is 341 g/mol. The first-order valence-corrected chi connectivity index (χ1v) is 8.26. The molecule has 2 aromatic carbocycles. The fourth-order valence-electron chi connectivity index (χ4n) is 2.41. The molecule has 0 aliphatic heterocycles. The van der Waals surface area contributed by atoms with Crippen LogP contribution in [-0.4, -0.2) is 25.1 Å². The fourth-order valence-corrected chi connectivity index (χ4v) is 2.41. The number of esters is 1. The summed E-state index contributed by atoms with van der Waals surface area (Å²) in [7, 11) is 0. The predicted octanol–water partition coefficient (Wildman–Crippen LogP) is 3.89. The minimum absolute atomic E-state index is 0.145. The molecule has 0 radical (unpaired) electrons. The van der Waals surface area contributed by atoms with E-state index < -0.39 is 0 Å². The van der Waals surface area contributed by atoms with Crippen molar-refractivity contribution in [2.75, 3.05) is 18.5 Å². The van der Waals surface area contributed by atoms with Crippen molar-refractivity contribution >= 4 is 17.6 Å². The molecule has 1 N–H and O–H groups in total. The summed E-state index contributed by atoms with van der Waals surface area (Å²) in [6.45, 7) is 6.40. The lowest BCUT2D eigenvalue weighted by Gasteiger charge is -2.09. The van der Waals surface area contributed by atoms with Crippen LogP contribution in [0.4, 0.5) is 5.69 Å². The minimum Gasteiger partial charge on any atom is -0.493 e. The van der Waals surface area contributed by atoms with E-state index in [4.69, 9.17) is 9.47 Å². The van der Waals surface area contributed by atoms with E-state index in [2.05, 4.69) is 11.4 Å². The van der Waals surface area contributed by atoms with Crippen LogP contribution in [0.15, 0.2) is 42.5 Å². The van der Waals surface area contributed by atoms with Gasteiger partial charge in [0.05, 0.1) is 25.2 Å². The Kier molecular flexibility index (Phi) is 6.57. The molecule has 0 atom stereocenters. The molecule has 0 fully saturated rings. The third-order valence-corrected chi connectivity index (χ3v) is 3.47. The smallest absolute Gasteiger partial charge is 0.338 e. The maximum absolute atomic E-state index is 12.0. The summed E-state index contributed by atoms with van der Waals surface area (Å²) in [5.74, 6) is 0.250. The normalized spacial score (nSPS) is 10.2. The zero-order valence-electron chi connectivity index (χ0n) is 14.8. The highest BCUT2D eigenvalue weighted by molar-refractivity contribution is 5.93. The molecule has 0 spiro atoms. The van der Waals surface area contributed by atoms with Gasteiger partial charge in [-0.15, -0.1) is 0 Å². The molecule has 1 amide bonds. The van der Waals surface area contributed by atoms with Gasteiger partial charge in [0.1, 0.15) is 5.75 Å². The van der Waals surface area contributed by atoms with Gasteiger partial charge < -0.3 is 14.8 Å². The standard InChI is InChI=1S/C20H23NO4/c1-4-24-20(23)16-5-7-17(8-6-16)21-19(22)9-10-25-18-12-14(2)11-15(3)13-18/h5-8,11-13H,4,9-10H2,1-3H3,(H,21,22). The maximum Gasteiger partial charge on any atom is 0.338 e. The Labute approximate surface area is 148 Å². The van der Waals surface area contributed by atoms with Crippen molar-refractivity contribution < 1.29 is 19.1 Å². The molecule has 132 valence electrons. The van der Waals surface area contributed by atoms with Gasteiger partial charge in [0.2, 0.25) is 5.91 Å². The van der Waals surface area contributed by atoms with Crippen LogP contribution >= 0.6 is 0 Å². The van der Waals surface area contributed by atoms with Crippen LogP contribution in [0.5, 0.6) is 5.75 Å². The highest BCUT2D eigenvalue weighted by Gasteiger charge is 2.07. The second-order valence-corrected chi connectivity index (χ2v) is 5.77. The van der Waals surface area contributed by atoms with Crippen molar-refractivity contribution in [1.82, 2.24) is 0 Å². The number of anilines is 1. The summed E-state index contributed by atoms with van der Waals surface area (Å²) in [5, 5.41) is 2.78. The van der Waals surface area contributed by atoms with Crippen LogP contribution in [0, 0.1) is 13.8 Å². The van der Waals surface area contributed by atoms with Crippen molar-refractivity contribution in [1.29, 1.82) is 0 Å². The van der Waals surface area contributed by atoms with Crippen molar-refractivity contribution in [3.05, 3.63) is 59.2 Å². The first-order chi connectivity index (χ1) is 12.0. The first-order valence-electron chi connectivity index (χ1n) is 8.26. The van der Waals surface area contributed by atoms with Crippen molar-refractivity contribution in [3.63, 3.8) is 0 Å². The van der Waals surface area contributed by atoms with Gasteiger partial charge >= 0.3 is 5.97 Å². The SMILES string of the molecule is CCOC(=O)c1ccc(NC(=O)CCOc2cc(C)cc(C)c2)cc1. The number of hydrogen-bond acceptors (Lipinski definition) is 4. The quantitative estimate of drug-likeness (QED) is 0.776. The topological polar surface area (TPSA) is 64.6 Å². The summed E-state index contributed by atoms with van der Waals surface area (Å²) in [6.07, 6.45) is 0.243. The van der Waals surface area contributed by atoms with Crippen LogP contribution in [0.3, 0.4) is 0 Å². The molecule has 0 unspecified atom stereocenters. The van der Waals surface area contributed by atoms with E-state index in [1.54, 1.807) is 31.2 Å². The Morgan fingerprint density at radius 1 is 1.00 bits per heavy atom. The molecule has 5 nitrogen and oxygen atoms in total. The number of carbonyl (C=O) groups is 2. The predicted molar refractivity (Wildman–Crippen MR) is 97.1 cm³/mol. The van der Waals surface area contributed by atoms with Crippen LogP contribution in [0.1, 0.15) is 34.8 Å². The average Bonchev–Trinajstić information content (AvgIpc) is 2.55. The zero-order valence-corrected chi connectivity index (χ0v) is 14.8. The van der Waals surface area contributed by atoms with Crippen molar-refractivity contribution in [2.24, 2.45) is 0 Å². The second kappa shape index (κ2) is 8.87. The molecule has 0 aromatic heterocycles. The Hall–Kier alpha value is -2.82. The zero-order chi connectivity index (χ0) is 18.2. The van der Waals surface area contributed by atoms with E-state index in [9.17, 15) is 9.59 Å². The van der Waals surface area contributed by atoms with E-state index in [-0.39, 0.29) is 18.3 Å². The molecule has 25 heavy (non-hydrogen) atoms. The number of carbonyl (C=O) groups excluding carboxylic acids is 2. The molecule has 0 saturated heterocycles. The first kappa shape index (κ1) is 18.5. The van der Waals surface area contributed by atoms with Crippen LogP contribution in [0.25, 0.3) is 0 Å². The summed E-state index contributed by atoms with van der Waals surface area (Å²) < 4.78 is 10.5. The molecule has 0 aliphatic rings.